The first-order valence-corrected chi connectivity index (χ1v) is 5.60. The van der Waals surface area contributed by atoms with Gasteiger partial charge < -0.3 is 0 Å². The number of aryl methyl sites for hydroxylation is 1. The maximum Gasteiger partial charge on any atom is 0.0704 e. The lowest BCUT2D eigenvalue weighted by molar-refractivity contribution is 0.846. The lowest BCUT2D eigenvalue weighted by atomic mass is 9.94. The van der Waals surface area contributed by atoms with E-state index in [1.54, 1.807) is 0 Å². The van der Waals surface area contributed by atoms with E-state index in [2.05, 4.69) is 44.0 Å². The van der Waals surface area contributed by atoms with E-state index in [1.807, 2.05) is 12.3 Å². The molecule has 15 heavy (non-hydrogen) atoms. The molecule has 1 heteroatoms. The second-order valence-corrected chi connectivity index (χ2v) is 4.26. The summed E-state index contributed by atoms with van der Waals surface area (Å²) < 4.78 is 0. The van der Waals surface area contributed by atoms with Gasteiger partial charge in [0.05, 0.1) is 5.52 Å². The highest BCUT2D eigenvalue weighted by Crippen LogP contribution is 2.24. The Morgan fingerprint density at radius 3 is 2.73 bits per heavy atom. The number of benzene rings is 1. The number of hydrogen-bond acceptors (Lipinski definition) is 1. The van der Waals surface area contributed by atoms with Crippen LogP contribution in [0.2, 0.25) is 0 Å². The third-order valence-corrected chi connectivity index (χ3v) is 2.87. The van der Waals surface area contributed by atoms with Crippen molar-refractivity contribution < 1.29 is 0 Å². The monoisotopic (exact) mass is 199 g/mol. The van der Waals surface area contributed by atoms with Crippen molar-refractivity contribution in [1.29, 1.82) is 0 Å². The molecule has 1 nitrogen and oxygen atoms in total. The van der Waals surface area contributed by atoms with Gasteiger partial charge in [-0.1, -0.05) is 26.8 Å². The summed E-state index contributed by atoms with van der Waals surface area (Å²) in [5, 5.41) is 1.25. The van der Waals surface area contributed by atoms with Crippen molar-refractivity contribution in [2.24, 2.45) is 0 Å². The maximum absolute atomic E-state index is 4.40. The number of rotatable bonds is 2. The zero-order valence-corrected chi connectivity index (χ0v) is 9.62. The number of fused-ring (bicyclic) bond motifs is 1. The summed E-state index contributed by atoms with van der Waals surface area (Å²) in [5.41, 5.74) is 3.99. The summed E-state index contributed by atoms with van der Waals surface area (Å²) >= 11 is 0. The zero-order valence-electron chi connectivity index (χ0n) is 9.62. The highest BCUT2D eigenvalue weighted by atomic mass is 14.6. The van der Waals surface area contributed by atoms with Gasteiger partial charge in [-0.2, -0.15) is 0 Å². The van der Waals surface area contributed by atoms with Crippen LogP contribution < -0.4 is 0 Å². The number of nitrogens with zero attached hydrogens (tertiary/aromatic N) is 1. The molecule has 0 bridgehead atoms. The van der Waals surface area contributed by atoms with E-state index in [4.69, 9.17) is 0 Å². The van der Waals surface area contributed by atoms with E-state index in [0.717, 1.165) is 11.9 Å². The van der Waals surface area contributed by atoms with E-state index in [0.29, 0.717) is 5.92 Å². The molecule has 0 aliphatic rings. The van der Waals surface area contributed by atoms with Gasteiger partial charge in [0.2, 0.25) is 0 Å². The molecule has 0 N–H and O–H groups in total. The van der Waals surface area contributed by atoms with Gasteiger partial charge in [-0.15, -0.1) is 0 Å². The van der Waals surface area contributed by atoms with Crippen LogP contribution in [0.15, 0.2) is 30.5 Å². The molecule has 0 atom stereocenters. The Morgan fingerprint density at radius 1 is 1.27 bits per heavy atom. The van der Waals surface area contributed by atoms with Gasteiger partial charge in [-0.3, -0.25) is 4.98 Å². The largest absolute Gasteiger partial charge is 0.256 e. The average molecular weight is 199 g/mol. The fourth-order valence-electron chi connectivity index (χ4n) is 2.03. The first-order valence-electron chi connectivity index (χ1n) is 5.60. The van der Waals surface area contributed by atoms with Gasteiger partial charge in [0.25, 0.3) is 0 Å². The highest BCUT2D eigenvalue weighted by Gasteiger charge is 2.07. The Morgan fingerprint density at radius 2 is 2.07 bits per heavy atom. The van der Waals surface area contributed by atoms with Gasteiger partial charge in [-0.05, 0) is 41.7 Å². The molecular weight excluding hydrogens is 182 g/mol. The summed E-state index contributed by atoms with van der Waals surface area (Å²) in [5.74, 6) is 0.575. The van der Waals surface area contributed by atoms with E-state index >= 15 is 0 Å². The van der Waals surface area contributed by atoms with Gasteiger partial charge in [-0.25, -0.2) is 0 Å². The summed E-state index contributed by atoms with van der Waals surface area (Å²) in [6.45, 7) is 6.69. The Hall–Kier alpha value is -1.37. The SMILES string of the molecule is CCc1cc2cccnc2cc1C(C)C. The van der Waals surface area contributed by atoms with Crippen molar-refractivity contribution in [2.75, 3.05) is 0 Å². The van der Waals surface area contributed by atoms with Crippen molar-refractivity contribution in [1.82, 2.24) is 4.98 Å². The molecule has 0 spiro atoms. The molecule has 1 heterocycles. The lowest BCUT2D eigenvalue weighted by Crippen LogP contribution is -1.96. The first kappa shape index (κ1) is 10.2. The van der Waals surface area contributed by atoms with Gasteiger partial charge in [0.1, 0.15) is 0 Å². The quantitative estimate of drug-likeness (QED) is 0.714. The minimum absolute atomic E-state index is 0.575. The van der Waals surface area contributed by atoms with Gasteiger partial charge >= 0.3 is 0 Å². The molecule has 0 radical (unpaired) electrons. The first-order chi connectivity index (χ1) is 7.22. The molecule has 0 fully saturated rings. The highest BCUT2D eigenvalue weighted by molar-refractivity contribution is 5.80. The van der Waals surface area contributed by atoms with Crippen molar-refractivity contribution in [3.8, 4) is 0 Å². The van der Waals surface area contributed by atoms with Crippen LogP contribution in [-0.2, 0) is 6.42 Å². The fourth-order valence-corrected chi connectivity index (χ4v) is 2.03. The number of hydrogen-bond donors (Lipinski definition) is 0. The maximum atomic E-state index is 4.40. The Labute approximate surface area is 91.2 Å². The van der Waals surface area contributed by atoms with E-state index in [1.165, 1.54) is 16.5 Å². The van der Waals surface area contributed by atoms with Crippen molar-refractivity contribution in [3.05, 3.63) is 41.6 Å². The summed E-state index contributed by atoms with van der Waals surface area (Å²) in [7, 11) is 0. The molecule has 1 aromatic carbocycles. The topological polar surface area (TPSA) is 12.9 Å². The van der Waals surface area contributed by atoms with Crippen LogP contribution >= 0.6 is 0 Å². The third kappa shape index (κ3) is 1.87. The van der Waals surface area contributed by atoms with Crippen LogP contribution in [0, 0.1) is 0 Å². The molecule has 1 aromatic heterocycles. The van der Waals surface area contributed by atoms with Crippen LogP contribution in [0.3, 0.4) is 0 Å². The summed E-state index contributed by atoms with van der Waals surface area (Å²) in [6.07, 6.45) is 2.95. The Balaban J connectivity index is 2.69. The van der Waals surface area contributed by atoms with Gasteiger partial charge in [0.15, 0.2) is 0 Å². The fraction of sp³-hybridized carbons (Fsp3) is 0.357. The van der Waals surface area contributed by atoms with Gasteiger partial charge in [0, 0.05) is 11.6 Å². The molecule has 2 aromatic rings. The normalized spacial score (nSPS) is 11.2. The molecule has 0 saturated heterocycles. The van der Waals surface area contributed by atoms with Crippen LogP contribution in [0.4, 0.5) is 0 Å². The predicted molar refractivity (Wildman–Crippen MR) is 65.2 cm³/mol. The van der Waals surface area contributed by atoms with Crippen molar-refractivity contribution >= 4 is 10.9 Å². The molecule has 0 aliphatic heterocycles. The Bertz CT molecular complexity index is 472. The standard InChI is InChI=1S/C14H17N/c1-4-11-8-12-6-5-7-15-14(12)9-13(11)10(2)3/h5-10H,4H2,1-3H3. The molecule has 0 saturated carbocycles. The van der Waals surface area contributed by atoms with Crippen molar-refractivity contribution in [3.63, 3.8) is 0 Å². The second-order valence-electron chi connectivity index (χ2n) is 4.26. The molecule has 0 amide bonds. The van der Waals surface area contributed by atoms with Crippen LogP contribution in [-0.4, -0.2) is 4.98 Å². The Kier molecular flexibility index (Phi) is 2.72. The third-order valence-electron chi connectivity index (χ3n) is 2.87. The predicted octanol–water partition coefficient (Wildman–Crippen LogP) is 3.92. The van der Waals surface area contributed by atoms with E-state index in [9.17, 15) is 0 Å². The van der Waals surface area contributed by atoms with Crippen molar-refractivity contribution in [2.45, 2.75) is 33.1 Å². The summed E-state index contributed by atoms with van der Waals surface area (Å²) in [6, 6.07) is 8.64. The minimum atomic E-state index is 0.575. The van der Waals surface area contributed by atoms with E-state index < -0.39 is 0 Å². The molecule has 0 unspecified atom stereocenters. The zero-order chi connectivity index (χ0) is 10.8. The van der Waals surface area contributed by atoms with E-state index in [-0.39, 0.29) is 0 Å². The van der Waals surface area contributed by atoms with Crippen LogP contribution in [0.1, 0.15) is 37.8 Å². The average Bonchev–Trinajstić information content (AvgIpc) is 2.27. The second kappa shape index (κ2) is 4.01. The summed E-state index contributed by atoms with van der Waals surface area (Å²) in [4.78, 5) is 4.40. The molecule has 78 valence electrons. The van der Waals surface area contributed by atoms with Crippen LogP contribution in [0.25, 0.3) is 10.9 Å². The molecule has 2 rings (SSSR count). The number of aromatic nitrogens is 1. The smallest absolute Gasteiger partial charge is 0.0704 e. The lowest BCUT2D eigenvalue weighted by Gasteiger charge is -2.12. The molecule has 0 aliphatic carbocycles. The molecular formula is C14H17N. The number of pyridine rings is 1. The minimum Gasteiger partial charge on any atom is -0.256 e. The van der Waals surface area contributed by atoms with Crippen LogP contribution in [0.5, 0.6) is 0 Å².